The van der Waals surface area contributed by atoms with Crippen molar-refractivity contribution < 1.29 is 14.3 Å². The molecule has 1 saturated heterocycles. The summed E-state index contributed by atoms with van der Waals surface area (Å²) in [7, 11) is 0. The van der Waals surface area contributed by atoms with Crippen LogP contribution in [0.25, 0.3) is 0 Å². The molecule has 0 aromatic heterocycles. The maximum absolute atomic E-state index is 12.4. The molecule has 7 heteroatoms. The van der Waals surface area contributed by atoms with Crippen molar-refractivity contribution in [2.75, 3.05) is 31.6 Å². The highest BCUT2D eigenvalue weighted by Gasteiger charge is 2.25. The van der Waals surface area contributed by atoms with Crippen molar-refractivity contribution in [2.24, 2.45) is 5.92 Å². The summed E-state index contributed by atoms with van der Waals surface area (Å²) < 4.78 is 5.41. The van der Waals surface area contributed by atoms with Gasteiger partial charge in [-0.05, 0) is 62.8 Å². The van der Waals surface area contributed by atoms with Crippen LogP contribution in [0.2, 0.25) is 0 Å². The smallest absolute Gasteiger partial charge is 0.319 e. The second-order valence-electron chi connectivity index (χ2n) is 8.54. The molecule has 2 fully saturated rings. The number of carbonyl (C=O) groups excluding carboxylic acids is 2. The van der Waals surface area contributed by atoms with E-state index in [4.69, 9.17) is 4.74 Å². The summed E-state index contributed by atoms with van der Waals surface area (Å²) in [6.45, 7) is 6.89. The minimum Gasteiger partial charge on any atom is -0.494 e. The molecule has 1 aromatic rings. The van der Waals surface area contributed by atoms with Crippen molar-refractivity contribution in [3.63, 3.8) is 0 Å². The lowest BCUT2D eigenvalue weighted by atomic mass is 9.86. The molecule has 1 aliphatic heterocycles. The van der Waals surface area contributed by atoms with Gasteiger partial charge in [0.05, 0.1) is 13.2 Å². The molecule has 1 heterocycles. The third-order valence-corrected chi connectivity index (χ3v) is 6.17. The van der Waals surface area contributed by atoms with Gasteiger partial charge in [-0.1, -0.05) is 19.8 Å². The standard InChI is InChI=1S/C23H36N4O3/c1-3-30-20-10-8-18(9-11-20)24-23(29)25-19-12-14-27(15-13-19)16-22(28)26-21-7-5-4-6-17(21)2/h8-11,17,19,21H,3-7,12-16H2,1-2H3,(H,26,28)(H2,24,25,29)/t17-,21+/m1/s1. The van der Waals surface area contributed by atoms with Crippen molar-refractivity contribution >= 4 is 17.6 Å². The van der Waals surface area contributed by atoms with Crippen molar-refractivity contribution in [1.29, 1.82) is 0 Å². The molecule has 3 amide bonds. The Kier molecular flexibility index (Phi) is 8.37. The molecule has 0 unspecified atom stereocenters. The average Bonchev–Trinajstić information content (AvgIpc) is 2.73. The maximum atomic E-state index is 12.4. The van der Waals surface area contributed by atoms with Crippen LogP contribution in [0.4, 0.5) is 10.5 Å². The molecule has 0 spiro atoms. The fourth-order valence-electron chi connectivity index (χ4n) is 4.38. The van der Waals surface area contributed by atoms with Crippen LogP contribution < -0.4 is 20.7 Å². The van der Waals surface area contributed by atoms with Crippen molar-refractivity contribution in [1.82, 2.24) is 15.5 Å². The molecule has 1 saturated carbocycles. The number of hydrogen-bond acceptors (Lipinski definition) is 4. The van der Waals surface area contributed by atoms with Crippen molar-refractivity contribution in [2.45, 2.75) is 64.5 Å². The Morgan fingerprint density at radius 3 is 2.40 bits per heavy atom. The van der Waals surface area contributed by atoms with Gasteiger partial charge in [0.15, 0.2) is 0 Å². The Hall–Kier alpha value is -2.28. The first-order valence-corrected chi connectivity index (χ1v) is 11.4. The van der Waals surface area contributed by atoms with Crippen LogP contribution >= 0.6 is 0 Å². The second-order valence-corrected chi connectivity index (χ2v) is 8.54. The maximum Gasteiger partial charge on any atom is 0.319 e. The molecule has 1 aliphatic carbocycles. The molecule has 3 rings (SSSR count). The molecule has 2 atom stereocenters. The van der Waals surface area contributed by atoms with E-state index in [1.807, 2.05) is 31.2 Å². The molecule has 1 aromatic carbocycles. The van der Waals surface area contributed by atoms with Crippen LogP contribution in [0.15, 0.2) is 24.3 Å². The van der Waals surface area contributed by atoms with Crippen molar-refractivity contribution in [3.8, 4) is 5.75 Å². The topological polar surface area (TPSA) is 82.7 Å². The van der Waals surface area contributed by atoms with Crippen LogP contribution in [-0.4, -0.2) is 55.2 Å². The fraction of sp³-hybridized carbons (Fsp3) is 0.652. The number of nitrogens with zero attached hydrogens (tertiary/aromatic N) is 1. The van der Waals surface area contributed by atoms with Gasteiger partial charge in [0.1, 0.15) is 5.75 Å². The van der Waals surface area contributed by atoms with Crippen LogP contribution in [0.1, 0.15) is 52.4 Å². The van der Waals surface area contributed by atoms with E-state index in [9.17, 15) is 9.59 Å². The number of anilines is 1. The van der Waals surface area contributed by atoms with Crippen LogP contribution in [0, 0.1) is 5.92 Å². The fourth-order valence-corrected chi connectivity index (χ4v) is 4.38. The molecule has 30 heavy (non-hydrogen) atoms. The highest BCUT2D eigenvalue weighted by molar-refractivity contribution is 5.89. The van der Waals surface area contributed by atoms with E-state index in [2.05, 4.69) is 27.8 Å². The first-order valence-electron chi connectivity index (χ1n) is 11.4. The molecule has 2 aliphatic rings. The Labute approximate surface area is 179 Å². The molecule has 166 valence electrons. The number of benzene rings is 1. The Morgan fingerprint density at radius 1 is 1.03 bits per heavy atom. The van der Waals surface area contributed by atoms with Gasteiger partial charge in [-0.2, -0.15) is 0 Å². The zero-order chi connectivity index (χ0) is 21.3. The zero-order valence-electron chi connectivity index (χ0n) is 18.3. The largest absolute Gasteiger partial charge is 0.494 e. The number of likely N-dealkylation sites (tertiary alicyclic amines) is 1. The first-order chi connectivity index (χ1) is 14.5. The quantitative estimate of drug-likeness (QED) is 0.636. The predicted octanol–water partition coefficient (Wildman–Crippen LogP) is 3.37. The predicted molar refractivity (Wildman–Crippen MR) is 119 cm³/mol. The summed E-state index contributed by atoms with van der Waals surface area (Å²) in [4.78, 5) is 26.9. The first kappa shape index (κ1) is 22.4. The molecule has 3 N–H and O–H groups in total. The van der Waals surface area contributed by atoms with Gasteiger partial charge in [-0.25, -0.2) is 4.79 Å². The highest BCUT2D eigenvalue weighted by atomic mass is 16.5. The number of ether oxygens (including phenoxy) is 1. The van der Waals surface area contributed by atoms with Crippen LogP contribution in [0.3, 0.4) is 0 Å². The van der Waals surface area contributed by atoms with E-state index >= 15 is 0 Å². The summed E-state index contributed by atoms with van der Waals surface area (Å²) in [5.74, 6) is 1.50. The zero-order valence-corrected chi connectivity index (χ0v) is 18.3. The number of rotatable bonds is 7. The van der Waals surface area contributed by atoms with Gasteiger partial charge in [-0.15, -0.1) is 0 Å². The minimum atomic E-state index is -0.193. The summed E-state index contributed by atoms with van der Waals surface area (Å²) in [5.41, 5.74) is 0.738. The van der Waals surface area contributed by atoms with E-state index in [1.54, 1.807) is 0 Å². The average molecular weight is 417 g/mol. The van der Waals surface area contributed by atoms with Crippen LogP contribution in [-0.2, 0) is 4.79 Å². The molecular weight excluding hydrogens is 380 g/mol. The summed E-state index contributed by atoms with van der Waals surface area (Å²) in [6, 6.07) is 7.62. The number of piperidine rings is 1. The number of urea groups is 1. The third kappa shape index (κ3) is 6.90. The lowest BCUT2D eigenvalue weighted by molar-refractivity contribution is -0.123. The molecular formula is C23H36N4O3. The van der Waals surface area contributed by atoms with E-state index in [1.165, 1.54) is 19.3 Å². The minimum absolute atomic E-state index is 0.130. The summed E-state index contributed by atoms with van der Waals surface area (Å²) in [5, 5.41) is 9.14. The SMILES string of the molecule is CCOc1ccc(NC(=O)NC2CCN(CC(=O)N[C@H]3CCCC[C@H]3C)CC2)cc1. The molecule has 7 nitrogen and oxygen atoms in total. The molecule has 0 bridgehead atoms. The molecule has 0 radical (unpaired) electrons. The van der Waals surface area contributed by atoms with Crippen molar-refractivity contribution in [3.05, 3.63) is 24.3 Å². The van der Waals surface area contributed by atoms with E-state index in [0.717, 1.165) is 43.8 Å². The monoisotopic (exact) mass is 416 g/mol. The summed E-state index contributed by atoms with van der Waals surface area (Å²) >= 11 is 0. The lowest BCUT2D eigenvalue weighted by Crippen LogP contribution is -2.50. The Bertz CT molecular complexity index is 686. The van der Waals surface area contributed by atoms with Gasteiger partial charge in [0.2, 0.25) is 5.91 Å². The second kappa shape index (κ2) is 11.2. The Balaban J connectivity index is 1.34. The number of amides is 3. The van der Waals surface area contributed by atoms with Gasteiger partial charge >= 0.3 is 6.03 Å². The summed E-state index contributed by atoms with van der Waals surface area (Å²) in [6.07, 6.45) is 6.50. The van der Waals surface area contributed by atoms with Gasteiger partial charge in [-0.3, -0.25) is 9.69 Å². The van der Waals surface area contributed by atoms with E-state index < -0.39 is 0 Å². The Morgan fingerprint density at radius 2 is 1.73 bits per heavy atom. The highest BCUT2D eigenvalue weighted by Crippen LogP contribution is 2.23. The van der Waals surface area contributed by atoms with E-state index in [0.29, 0.717) is 25.1 Å². The number of hydrogen-bond donors (Lipinski definition) is 3. The van der Waals surface area contributed by atoms with Gasteiger partial charge in [0.25, 0.3) is 0 Å². The normalized spacial score (nSPS) is 22.9. The van der Waals surface area contributed by atoms with Gasteiger partial charge < -0.3 is 20.7 Å². The lowest BCUT2D eigenvalue weighted by Gasteiger charge is -2.33. The van der Waals surface area contributed by atoms with Gasteiger partial charge in [0, 0.05) is 30.9 Å². The number of nitrogens with one attached hydrogen (secondary N) is 3. The third-order valence-electron chi connectivity index (χ3n) is 6.17. The number of carbonyl (C=O) groups is 2. The van der Waals surface area contributed by atoms with E-state index in [-0.39, 0.29) is 18.0 Å². The van der Waals surface area contributed by atoms with Crippen LogP contribution in [0.5, 0.6) is 5.75 Å².